The molecule has 1 amide bonds. The molecule has 1 atom stereocenters. The molecule has 1 unspecified atom stereocenters. The topological polar surface area (TPSA) is 59.3 Å². The highest BCUT2D eigenvalue weighted by atomic mass is 16.2. The van der Waals surface area contributed by atoms with Crippen LogP contribution in [0.2, 0.25) is 0 Å². The number of amides is 1. The van der Waals surface area contributed by atoms with Gasteiger partial charge in [-0.3, -0.25) is 13.9 Å². The van der Waals surface area contributed by atoms with Crippen LogP contribution in [0.15, 0.2) is 29.1 Å². The Morgan fingerprint density at radius 3 is 2.50 bits per heavy atom. The van der Waals surface area contributed by atoms with Gasteiger partial charge in [-0.25, -0.2) is 4.79 Å². The molecule has 2 aromatic rings. The number of carbonyl (C=O) groups is 1. The van der Waals surface area contributed by atoms with Gasteiger partial charge < -0.3 is 10.2 Å². The fraction of sp³-hybridized carbons (Fsp3) is 0.556. The van der Waals surface area contributed by atoms with Crippen LogP contribution in [0, 0.1) is 0 Å². The number of rotatable bonds is 5. The van der Waals surface area contributed by atoms with Crippen molar-refractivity contribution in [3.05, 3.63) is 34.7 Å². The third-order valence-corrected chi connectivity index (χ3v) is 4.74. The summed E-state index contributed by atoms with van der Waals surface area (Å²) in [6.45, 7) is 7.68. The van der Waals surface area contributed by atoms with Gasteiger partial charge in [0.1, 0.15) is 0 Å². The van der Waals surface area contributed by atoms with Gasteiger partial charge in [-0.15, -0.1) is 0 Å². The predicted molar refractivity (Wildman–Crippen MR) is 95.2 cm³/mol. The quantitative estimate of drug-likeness (QED) is 0.902. The summed E-state index contributed by atoms with van der Waals surface area (Å²) < 4.78 is 3.56. The Balaban J connectivity index is 1.81. The zero-order valence-corrected chi connectivity index (χ0v) is 14.5. The van der Waals surface area contributed by atoms with Crippen molar-refractivity contribution >= 4 is 16.9 Å². The van der Waals surface area contributed by atoms with Crippen LogP contribution in [0.5, 0.6) is 0 Å². The van der Waals surface area contributed by atoms with Gasteiger partial charge in [-0.2, -0.15) is 0 Å². The van der Waals surface area contributed by atoms with Crippen molar-refractivity contribution < 1.29 is 4.79 Å². The van der Waals surface area contributed by atoms with Gasteiger partial charge in [0.25, 0.3) is 0 Å². The average Bonchev–Trinajstić information content (AvgIpc) is 2.86. The van der Waals surface area contributed by atoms with E-state index in [2.05, 4.69) is 19.2 Å². The van der Waals surface area contributed by atoms with Gasteiger partial charge in [0.15, 0.2) is 0 Å². The minimum atomic E-state index is -0.0146. The molecule has 1 saturated heterocycles. The lowest BCUT2D eigenvalue weighted by atomic mass is 10.2. The summed E-state index contributed by atoms with van der Waals surface area (Å²) >= 11 is 0. The second kappa shape index (κ2) is 7.21. The molecule has 0 bridgehead atoms. The number of hydrogen-bond acceptors (Lipinski definition) is 3. The maximum atomic E-state index is 12.7. The van der Waals surface area contributed by atoms with Gasteiger partial charge in [-0.05, 0) is 25.5 Å². The van der Waals surface area contributed by atoms with E-state index in [4.69, 9.17) is 0 Å². The average molecular weight is 330 g/mol. The molecule has 0 radical (unpaired) electrons. The molecule has 0 aliphatic carbocycles. The summed E-state index contributed by atoms with van der Waals surface area (Å²) in [4.78, 5) is 27.2. The van der Waals surface area contributed by atoms with E-state index in [0.717, 1.165) is 37.1 Å². The maximum Gasteiger partial charge on any atom is 0.329 e. The zero-order chi connectivity index (χ0) is 17.1. The Morgan fingerprint density at radius 2 is 1.88 bits per heavy atom. The Morgan fingerprint density at radius 1 is 1.21 bits per heavy atom. The van der Waals surface area contributed by atoms with Gasteiger partial charge in [-0.1, -0.05) is 19.1 Å². The highest BCUT2D eigenvalue weighted by molar-refractivity contribution is 5.78. The molecule has 1 aromatic heterocycles. The van der Waals surface area contributed by atoms with Crippen molar-refractivity contribution in [2.45, 2.75) is 45.8 Å². The molecule has 1 N–H and O–H groups in total. The highest BCUT2D eigenvalue weighted by Gasteiger charge is 2.23. The molecule has 1 aliphatic rings. The zero-order valence-electron chi connectivity index (χ0n) is 14.5. The Hall–Kier alpha value is -2.08. The summed E-state index contributed by atoms with van der Waals surface area (Å²) in [5.41, 5.74) is 1.85. The van der Waals surface area contributed by atoms with Crippen molar-refractivity contribution in [3.8, 4) is 0 Å². The Bertz CT molecular complexity index is 777. The van der Waals surface area contributed by atoms with Crippen LogP contribution in [0.4, 0.5) is 0 Å². The van der Waals surface area contributed by atoms with Crippen molar-refractivity contribution in [1.82, 2.24) is 19.4 Å². The summed E-state index contributed by atoms with van der Waals surface area (Å²) in [6.07, 6.45) is 1.27. The monoisotopic (exact) mass is 330 g/mol. The lowest BCUT2D eigenvalue weighted by Gasteiger charge is -2.34. The van der Waals surface area contributed by atoms with Crippen LogP contribution in [0.25, 0.3) is 11.0 Å². The van der Waals surface area contributed by atoms with Crippen LogP contribution < -0.4 is 11.0 Å². The number of piperazine rings is 1. The second-order valence-electron chi connectivity index (χ2n) is 6.46. The number of hydrogen-bond donors (Lipinski definition) is 1. The summed E-state index contributed by atoms with van der Waals surface area (Å²) in [5, 5.41) is 3.29. The van der Waals surface area contributed by atoms with E-state index in [-0.39, 0.29) is 17.6 Å². The minimum absolute atomic E-state index is 0.0146. The fourth-order valence-electron chi connectivity index (χ4n) is 3.49. The second-order valence-corrected chi connectivity index (χ2v) is 6.46. The smallest absolute Gasteiger partial charge is 0.329 e. The largest absolute Gasteiger partial charge is 0.337 e. The number of carbonyl (C=O) groups excluding carboxylic acids is 1. The van der Waals surface area contributed by atoms with E-state index in [1.54, 1.807) is 4.57 Å². The maximum absolute atomic E-state index is 12.7. The molecular formula is C18H26N4O2. The van der Waals surface area contributed by atoms with Crippen molar-refractivity contribution in [2.75, 3.05) is 19.6 Å². The standard InChI is InChI=1S/C18H26N4O2/c1-3-10-21-15-6-4-5-7-16(15)22(18(21)24)11-8-17(23)20-12-9-19-13-14(20)2/h4-7,14,19H,3,8-13H2,1-2H3. The minimum Gasteiger partial charge on any atom is -0.337 e. The third-order valence-electron chi connectivity index (χ3n) is 4.74. The molecule has 3 rings (SSSR count). The molecule has 1 aromatic carbocycles. The van der Waals surface area contributed by atoms with E-state index in [1.807, 2.05) is 33.7 Å². The first-order chi connectivity index (χ1) is 11.6. The molecule has 24 heavy (non-hydrogen) atoms. The fourth-order valence-corrected chi connectivity index (χ4v) is 3.49. The summed E-state index contributed by atoms with van der Waals surface area (Å²) in [7, 11) is 0. The van der Waals surface area contributed by atoms with Crippen LogP contribution in [-0.4, -0.2) is 45.6 Å². The van der Waals surface area contributed by atoms with Crippen LogP contribution in [0.1, 0.15) is 26.7 Å². The number of fused-ring (bicyclic) bond motifs is 1. The van der Waals surface area contributed by atoms with Gasteiger partial charge in [0, 0.05) is 45.2 Å². The molecule has 1 aliphatic heterocycles. The molecule has 6 heteroatoms. The molecule has 1 fully saturated rings. The molecule has 0 saturated carbocycles. The lowest BCUT2D eigenvalue weighted by Crippen LogP contribution is -2.52. The van der Waals surface area contributed by atoms with E-state index >= 15 is 0 Å². The third kappa shape index (κ3) is 3.11. The van der Waals surface area contributed by atoms with Crippen molar-refractivity contribution in [3.63, 3.8) is 0 Å². The van der Waals surface area contributed by atoms with Crippen molar-refractivity contribution in [2.24, 2.45) is 0 Å². The molecule has 6 nitrogen and oxygen atoms in total. The number of benzene rings is 1. The highest BCUT2D eigenvalue weighted by Crippen LogP contribution is 2.14. The summed E-state index contributed by atoms with van der Waals surface area (Å²) in [6, 6.07) is 8.04. The van der Waals surface area contributed by atoms with Crippen LogP contribution in [0.3, 0.4) is 0 Å². The SMILES string of the molecule is CCCn1c(=O)n(CCC(=O)N2CCNCC2C)c2ccccc21. The Kier molecular flexibility index (Phi) is 5.04. The van der Waals surface area contributed by atoms with Crippen LogP contribution in [-0.2, 0) is 17.9 Å². The normalized spacial score (nSPS) is 18.2. The van der Waals surface area contributed by atoms with Crippen LogP contribution >= 0.6 is 0 Å². The molecule has 130 valence electrons. The Labute approximate surface area is 142 Å². The van der Waals surface area contributed by atoms with E-state index in [1.165, 1.54) is 0 Å². The first kappa shape index (κ1) is 16.8. The lowest BCUT2D eigenvalue weighted by molar-refractivity contribution is -0.134. The number of nitrogens with one attached hydrogen (secondary N) is 1. The number of imidazole rings is 1. The van der Waals surface area contributed by atoms with E-state index < -0.39 is 0 Å². The summed E-state index contributed by atoms with van der Waals surface area (Å²) in [5.74, 6) is 0.128. The number of nitrogens with zero attached hydrogens (tertiary/aromatic N) is 3. The molecule has 0 spiro atoms. The van der Waals surface area contributed by atoms with E-state index in [9.17, 15) is 9.59 Å². The van der Waals surface area contributed by atoms with Gasteiger partial charge in [0.2, 0.25) is 5.91 Å². The first-order valence-corrected chi connectivity index (χ1v) is 8.81. The predicted octanol–water partition coefficient (Wildman–Crippen LogP) is 1.42. The van der Waals surface area contributed by atoms with Gasteiger partial charge in [0.05, 0.1) is 11.0 Å². The number of para-hydroxylation sites is 2. The molecule has 2 heterocycles. The first-order valence-electron chi connectivity index (χ1n) is 8.81. The van der Waals surface area contributed by atoms with Crippen molar-refractivity contribution in [1.29, 1.82) is 0 Å². The van der Waals surface area contributed by atoms with Gasteiger partial charge >= 0.3 is 5.69 Å². The molecular weight excluding hydrogens is 304 g/mol. The number of aromatic nitrogens is 2. The number of aryl methyl sites for hydroxylation is 2. The van der Waals surface area contributed by atoms with E-state index in [0.29, 0.717) is 19.5 Å².